The van der Waals surface area contributed by atoms with Gasteiger partial charge in [0.05, 0.1) is 12.2 Å². The van der Waals surface area contributed by atoms with E-state index in [9.17, 15) is 15.0 Å². The number of esters is 1. The first-order valence-corrected chi connectivity index (χ1v) is 8.18. The molecule has 124 valence electrons. The van der Waals surface area contributed by atoms with E-state index in [1.54, 1.807) is 36.6 Å². The molecule has 1 fully saturated rings. The molecule has 0 aromatic heterocycles. The number of aliphatic hydroxyl groups excluding tert-OH is 2. The quantitative estimate of drug-likeness (QED) is 0.361. The third-order valence-corrected chi connectivity index (χ3v) is 4.35. The highest BCUT2D eigenvalue weighted by molar-refractivity contribution is 7.99. The summed E-state index contributed by atoms with van der Waals surface area (Å²) in [6.07, 6.45) is -1.60. The van der Waals surface area contributed by atoms with Gasteiger partial charge in [-0.05, 0) is 23.9 Å². The number of rotatable bonds is 5. The number of hydrogen-bond acceptors (Lipinski definition) is 7. The van der Waals surface area contributed by atoms with Crippen LogP contribution >= 0.6 is 11.8 Å². The van der Waals surface area contributed by atoms with E-state index < -0.39 is 42.4 Å². The van der Waals surface area contributed by atoms with Crippen molar-refractivity contribution in [2.75, 3.05) is 12.9 Å². The second-order valence-electron chi connectivity index (χ2n) is 4.88. The first-order valence-electron chi connectivity index (χ1n) is 6.89. The van der Waals surface area contributed by atoms with Crippen molar-refractivity contribution in [3.63, 3.8) is 0 Å². The Morgan fingerprint density at radius 3 is 2.74 bits per heavy atom. The van der Waals surface area contributed by atoms with Gasteiger partial charge in [0, 0.05) is 4.91 Å². The average molecular weight is 339 g/mol. The summed E-state index contributed by atoms with van der Waals surface area (Å²) >= 11 is 1.24. The van der Waals surface area contributed by atoms with Crippen molar-refractivity contribution in [3.8, 4) is 0 Å². The fourth-order valence-corrected chi connectivity index (χ4v) is 3.07. The summed E-state index contributed by atoms with van der Waals surface area (Å²) in [5.41, 5.74) is 8.41. The highest BCUT2D eigenvalue weighted by atomic mass is 32.2. The molecule has 1 aliphatic rings. The van der Waals surface area contributed by atoms with Crippen LogP contribution in [0.25, 0.3) is 10.4 Å². The first-order chi connectivity index (χ1) is 11.1. The van der Waals surface area contributed by atoms with E-state index in [0.717, 1.165) is 0 Å². The monoisotopic (exact) mass is 339 g/mol. The molecular formula is C14H17N3O5S. The van der Waals surface area contributed by atoms with Gasteiger partial charge in [-0.1, -0.05) is 23.3 Å². The fourth-order valence-electron chi connectivity index (χ4n) is 2.33. The van der Waals surface area contributed by atoms with Gasteiger partial charge in [-0.25, -0.2) is 4.79 Å². The zero-order chi connectivity index (χ0) is 16.8. The smallest absolute Gasteiger partial charge is 0.338 e. The summed E-state index contributed by atoms with van der Waals surface area (Å²) in [5.74, 6) is -0.647. The van der Waals surface area contributed by atoms with Gasteiger partial charge < -0.3 is 19.7 Å². The maximum atomic E-state index is 12.2. The summed E-state index contributed by atoms with van der Waals surface area (Å²) in [6.45, 7) is -0.444. The summed E-state index contributed by atoms with van der Waals surface area (Å²) < 4.78 is 10.8. The van der Waals surface area contributed by atoms with Gasteiger partial charge in [-0.15, -0.1) is 11.8 Å². The molecular weight excluding hydrogens is 322 g/mol. The lowest BCUT2D eigenvalue weighted by Crippen LogP contribution is -2.58. The Morgan fingerprint density at radius 1 is 1.48 bits per heavy atom. The predicted molar refractivity (Wildman–Crippen MR) is 83.8 cm³/mol. The molecule has 9 heteroatoms. The van der Waals surface area contributed by atoms with Crippen LogP contribution < -0.4 is 0 Å². The van der Waals surface area contributed by atoms with Crippen LogP contribution in [0.1, 0.15) is 10.4 Å². The molecule has 2 N–H and O–H groups in total. The fraction of sp³-hybridized carbons (Fsp3) is 0.500. The van der Waals surface area contributed by atoms with Crippen LogP contribution in [0.5, 0.6) is 0 Å². The maximum Gasteiger partial charge on any atom is 0.338 e. The van der Waals surface area contributed by atoms with Crippen molar-refractivity contribution in [1.82, 2.24) is 0 Å². The average Bonchev–Trinajstić information content (AvgIpc) is 2.59. The second kappa shape index (κ2) is 8.19. The lowest BCUT2D eigenvalue weighted by atomic mass is 9.98. The van der Waals surface area contributed by atoms with Gasteiger partial charge in [0.1, 0.15) is 29.8 Å². The Kier molecular flexibility index (Phi) is 6.26. The topological polar surface area (TPSA) is 125 Å². The highest BCUT2D eigenvalue weighted by Gasteiger charge is 2.46. The largest absolute Gasteiger partial charge is 0.455 e. The summed E-state index contributed by atoms with van der Waals surface area (Å²) in [5, 5.41) is 23.2. The van der Waals surface area contributed by atoms with Crippen molar-refractivity contribution in [1.29, 1.82) is 0 Å². The van der Waals surface area contributed by atoms with E-state index in [1.807, 2.05) is 0 Å². The minimum atomic E-state index is -1.30. The van der Waals surface area contributed by atoms with Crippen LogP contribution in [0.3, 0.4) is 0 Å². The standard InChI is InChI=1S/C14H17N3O5S/c1-23-14-10(16-17-15)12(11(19)9(7-18)21-14)22-13(20)8-5-3-2-4-6-8/h2-6,9-12,14,18-19H,7H2,1H3/t9?,10-,11-,12?,14+/m1/s1. The third-order valence-electron chi connectivity index (χ3n) is 3.49. The van der Waals surface area contributed by atoms with E-state index in [0.29, 0.717) is 5.56 Å². The van der Waals surface area contributed by atoms with E-state index in [1.165, 1.54) is 11.8 Å². The highest BCUT2D eigenvalue weighted by Crippen LogP contribution is 2.31. The molecule has 1 aromatic rings. The number of carbonyl (C=O) groups excluding carboxylic acids is 1. The number of hydrogen-bond donors (Lipinski definition) is 2. The normalized spacial score (nSPS) is 30.3. The Labute approximate surface area is 137 Å². The minimum absolute atomic E-state index is 0.312. The van der Waals surface area contributed by atoms with Gasteiger partial charge in [0.25, 0.3) is 0 Å². The van der Waals surface area contributed by atoms with E-state index >= 15 is 0 Å². The molecule has 0 spiro atoms. The Bertz CT molecular complexity index is 581. The number of aliphatic hydroxyl groups is 2. The zero-order valence-electron chi connectivity index (χ0n) is 12.3. The number of thioether (sulfide) groups is 1. The van der Waals surface area contributed by atoms with Gasteiger partial charge in [0.15, 0.2) is 0 Å². The van der Waals surface area contributed by atoms with Gasteiger partial charge in [-0.2, -0.15) is 0 Å². The molecule has 8 nitrogen and oxygen atoms in total. The zero-order valence-corrected chi connectivity index (χ0v) is 13.2. The van der Waals surface area contributed by atoms with Crippen molar-refractivity contribution in [2.45, 2.75) is 29.8 Å². The minimum Gasteiger partial charge on any atom is -0.455 e. The van der Waals surface area contributed by atoms with Crippen LogP contribution in [0.2, 0.25) is 0 Å². The molecule has 0 aliphatic carbocycles. The van der Waals surface area contributed by atoms with Crippen LogP contribution in [0, 0.1) is 0 Å². The molecule has 2 unspecified atom stereocenters. The Balaban J connectivity index is 2.25. The lowest BCUT2D eigenvalue weighted by molar-refractivity contribution is -0.167. The van der Waals surface area contributed by atoms with E-state index in [2.05, 4.69) is 10.0 Å². The molecule has 1 saturated heterocycles. The summed E-state index contributed by atoms with van der Waals surface area (Å²) in [4.78, 5) is 15.0. The van der Waals surface area contributed by atoms with Gasteiger partial charge in [0.2, 0.25) is 0 Å². The molecule has 0 radical (unpaired) electrons. The van der Waals surface area contributed by atoms with Crippen LogP contribution in [-0.2, 0) is 9.47 Å². The molecule has 0 amide bonds. The van der Waals surface area contributed by atoms with Crippen LogP contribution in [-0.4, -0.2) is 58.8 Å². The predicted octanol–water partition coefficient (Wildman–Crippen LogP) is 1.33. The number of ether oxygens (including phenoxy) is 2. The van der Waals surface area contributed by atoms with E-state index in [4.69, 9.17) is 15.0 Å². The lowest BCUT2D eigenvalue weighted by Gasteiger charge is -2.41. The second-order valence-corrected chi connectivity index (χ2v) is 5.82. The Morgan fingerprint density at radius 2 is 2.17 bits per heavy atom. The molecule has 1 aromatic carbocycles. The van der Waals surface area contributed by atoms with Crippen molar-refractivity contribution < 1.29 is 24.5 Å². The molecule has 5 atom stereocenters. The number of benzene rings is 1. The SMILES string of the molecule is CS[C@@H]1OC(CO)[C@@H](O)C(OC(=O)c2ccccc2)[C@H]1N=[N+]=[N-]. The third kappa shape index (κ3) is 3.95. The van der Waals surface area contributed by atoms with Crippen molar-refractivity contribution in [3.05, 3.63) is 46.3 Å². The Hall–Kier alpha value is -1.77. The summed E-state index contributed by atoms with van der Waals surface area (Å²) in [7, 11) is 0. The molecule has 2 rings (SSSR count). The van der Waals surface area contributed by atoms with Crippen molar-refractivity contribution in [2.24, 2.45) is 5.11 Å². The van der Waals surface area contributed by atoms with Gasteiger partial charge >= 0.3 is 5.97 Å². The number of carbonyl (C=O) groups is 1. The molecule has 23 heavy (non-hydrogen) atoms. The maximum absolute atomic E-state index is 12.2. The summed E-state index contributed by atoms with van der Waals surface area (Å²) in [6, 6.07) is 7.37. The molecule has 0 bridgehead atoms. The van der Waals surface area contributed by atoms with Crippen LogP contribution in [0.4, 0.5) is 0 Å². The van der Waals surface area contributed by atoms with Gasteiger partial charge in [-0.3, -0.25) is 0 Å². The first kappa shape index (κ1) is 17.6. The van der Waals surface area contributed by atoms with Crippen LogP contribution in [0.15, 0.2) is 35.4 Å². The van der Waals surface area contributed by atoms with Crippen molar-refractivity contribution >= 4 is 17.7 Å². The molecule has 0 saturated carbocycles. The number of azide groups is 1. The molecule has 1 aliphatic heterocycles. The van der Waals surface area contributed by atoms with E-state index in [-0.39, 0.29) is 0 Å². The molecule has 1 heterocycles. The number of nitrogens with zero attached hydrogens (tertiary/aromatic N) is 3.